The minimum absolute atomic E-state index is 0. The van der Waals surface area contributed by atoms with Crippen LogP contribution in [-0.4, -0.2) is 44.4 Å². The molecule has 4 heterocycles. The number of benzene rings is 6. The zero-order valence-electron chi connectivity index (χ0n) is 45.2. The third kappa shape index (κ3) is 17.9. The van der Waals surface area contributed by atoms with Gasteiger partial charge in [-0.15, -0.1) is 108 Å². The molecule has 4 aromatic heterocycles. The Bertz CT molecular complexity index is 2950. The molecule has 0 fully saturated rings. The number of pyridine rings is 4. The molecule has 2 N–H and O–H groups in total. The van der Waals surface area contributed by atoms with Gasteiger partial charge in [-0.1, -0.05) is 121 Å². The number of aryl methyl sites for hydroxylation is 4. The molecular formula is C62H57Ir2N4O2-3. The monoisotopic (exact) mass is 1280 g/mol. The van der Waals surface area contributed by atoms with Crippen LogP contribution < -0.4 is 0 Å². The third-order valence-electron chi connectivity index (χ3n) is 9.94. The normalized spacial score (nSPS) is 11.1. The zero-order chi connectivity index (χ0) is 53.4. The minimum atomic E-state index is -2.09. The van der Waals surface area contributed by atoms with Crippen molar-refractivity contribution in [1.82, 2.24) is 19.9 Å². The second-order valence-corrected chi connectivity index (χ2v) is 14.6. The number of nitrogens with zero attached hydrogens (tertiary/aromatic N) is 4. The van der Waals surface area contributed by atoms with Gasteiger partial charge < -0.3 is 25.2 Å². The Hall–Kier alpha value is -6.86. The standard InChI is InChI=1S/C18H15N.C18H14N.2C12H10N.2CH4O.2Ir/c2*1-14-12-18(16-10-6-3-7-11-16)19-13-17(14)15-8-4-2-5-9-15;2*1-10-7-8-12(13-9-10)11-5-3-2-4-6-11;2*1-2;;/h2-13H,1H3;2-10,12-13H,1H3;2*2-5,7-9H,1H3;2*2H,1H3;;/q;3*-1;;;;/i;;2*1D3;;;;. The third-order valence-corrected chi connectivity index (χ3v) is 9.94. The van der Waals surface area contributed by atoms with Crippen LogP contribution in [0.15, 0.2) is 225 Å². The van der Waals surface area contributed by atoms with Crippen LogP contribution in [0.25, 0.3) is 67.3 Å². The van der Waals surface area contributed by atoms with E-state index in [1.165, 1.54) is 45.8 Å². The fraction of sp³-hybridized carbons (Fsp3) is 0.0968. The van der Waals surface area contributed by atoms with Crippen LogP contribution in [-0.2, 0) is 40.2 Å². The van der Waals surface area contributed by atoms with E-state index in [-0.39, 0.29) is 51.3 Å². The van der Waals surface area contributed by atoms with Crippen molar-refractivity contribution in [3.8, 4) is 67.3 Å². The van der Waals surface area contributed by atoms with E-state index < -0.39 is 13.7 Å². The second kappa shape index (κ2) is 32.0. The Morgan fingerprint density at radius 1 is 0.357 bits per heavy atom. The molecule has 0 aliphatic rings. The fourth-order valence-corrected chi connectivity index (χ4v) is 6.63. The maximum Gasteiger partial charge on any atom is 0.0705 e. The van der Waals surface area contributed by atoms with E-state index in [9.17, 15) is 0 Å². The van der Waals surface area contributed by atoms with Gasteiger partial charge in [-0.3, -0.25) is 4.98 Å². The first-order chi connectivity index (χ1) is 35.8. The first-order valence-corrected chi connectivity index (χ1v) is 21.7. The first kappa shape index (κ1) is 48.2. The number of aliphatic hydroxyl groups excluding tert-OH is 2. The molecule has 0 saturated heterocycles. The predicted molar refractivity (Wildman–Crippen MR) is 281 cm³/mol. The molecule has 2 radical (unpaired) electrons. The molecule has 0 atom stereocenters. The van der Waals surface area contributed by atoms with Gasteiger partial charge in [-0.25, -0.2) is 0 Å². The van der Waals surface area contributed by atoms with Crippen molar-refractivity contribution in [2.45, 2.75) is 27.6 Å². The van der Waals surface area contributed by atoms with Crippen molar-refractivity contribution in [2.24, 2.45) is 0 Å². The molecular weight excluding hydrogens is 1220 g/mol. The first-order valence-electron chi connectivity index (χ1n) is 24.7. The van der Waals surface area contributed by atoms with E-state index in [1.807, 2.05) is 116 Å². The number of hydrogen-bond donors (Lipinski definition) is 2. The van der Waals surface area contributed by atoms with E-state index >= 15 is 0 Å². The molecule has 0 unspecified atom stereocenters. The van der Waals surface area contributed by atoms with Crippen LogP contribution >= 0.6 is 0 Å². The largest absolute Gasteiger partial charge is 0.400 e. The molecule has 0 aliphatic carbocycles. The van der Waals surface area contributed by atoms with Gasteiger partial charge in [0.2, 0.25) is 0 Å². The van der Waals surface area contributed by atoms with Gasteiger partial charge in [0, 0.05) is 104 Å². The summed E-state index contributed by atoms with van der Waals surface area (Å²) in [6.45, 7) is 0.0742. The van der Waals surface area contributed by atoms with Crippen LogP contribution in [0.4, 0.5) is 0 Å². The van der Waals surface area contributed by atoms with Crippen molar-refractivity contribution in [2.75, 3.05) is 14.2 Å². The molecule has 10 aromatic rings. The SMILES string of the molecule is CO.CO.Cc1cc(-c2[c-]cccc2)ncc1-c1ccccc1.Cc1cc(-c2ccccc2)ncc1-c1ccccc1.[2H]C([2H])([2H])c1ccc(-c2[c-]cccc2)nc1.[2H]C([2H])([2H])c1ccc(-c2[c-]cccc2)nc1.[Ir].[Ir]. The van der Waals surface area contributed by atoms with Gasteiger partial charge in [0.05, 0.1) is 5.69 Å². The molecule has 0 saturated carbocycles. The minimum Gasteiger partial charge on any atom is -0.400 e. The summed E-state index contributed by atoms with van der Waals surface area (Å²) in [5.74, 6) is 0. The summed E-state index contributed by atoms with van der Waals surface area (Å²) in [6.07, 6.45) is 6.69. The van der Waals surface area contributed by atoms with Gasteiger partial charge in [0.25, 0.3) is 0 Å². The summed E-state index contributed by atoms with van der Waals surface area (Å²) >= 11 is 0. The molecule has 0 spiro atoms. The van der Waals surface area contributed by atoms with E-state index in [2.05, 4.69) is 113 Å². The average molecular weight is 1280 g/mol. The number of hydrogen-bond acceptors (Lipinski definition) is 6. The Morgan fingerprint density at radius 3 is 1.01 bits per heavy atom. The summed E-state index contributed by atoms with van der Waals surface area (Å²) in [5.41, 5.74) is 15.2. The predicted octanol–water partition coefficient (Wildman–Crippen LogP) is 14.2. The quantitative estimate of drug-likeness (QED) is 0.161. The molecule has 0 bridgehead atoms. The maximum absolute atomic E-state index is 7.23. The van der Waals surface area contributed by atoms with E-state index in [1.54, 1.807) is 36.4 Å². The molecule has 0 aliphatic heterocycles. The van der Waals surface area contributed by atoms with Crippen LogP contribution in [0.1, 0.15) is 30.5 Å². The van der Waals surface area contributed by atoms with E-state index in [0.29, 0.717) is 0 Å². The van der Waals surface area contributed by atoms with Crippen LogP contribution in [0.2, 0.25) is 0 Å². The summed E-state index contributed by atoms with van der Waals surface area (Å²) in [5, 5.41) is 14.0. The molecule has 0 amide bonds. The van der Waals surface area contributed by atoms with Gasteiger partial charge in [0.15, 0.2) is 0 Å². The topological polar surface area (TPSA) is 92.0 Å². The van der Waals surface area contributed by atoms with Crippen molar-refractivity contribution >= 4 is 0 Å². The average Bonchev–Trinajstić information content (AvgIpc) is 3.45. The summed E-state index contributed by atoms with van der Waals surface area (Å²) in [7, 11) is 2.00. The molecule has 10 rings (SSSR count). The second-order valence-electron chi connectivity index (χ2n) is 14.6. The zero-order valence-corrected chi connectivity index (χ0v) is 44.0. The van der Waals surface area contributed by atoms with Crippen molar-refractivity contribution in [3.05, 3.63) is 265 Å². The summed E-state index contributed by atoms with van der Waals surface area (Å²) in [6, 6.07) is 74.0. The summed E-state index contributed by atoms with van der Waals surface area (Å²) in [4.78, 5) is 17.4. The Labute approximate surface area is 450 Å². The van der Waals surface area contributed by atoms with Crippen molar-refractivity contribution < 1.29 is 58.6 Å². The van der Waals surface area contributed by atoms with Gasteiger partial charge >= 0.3 is 0 Å². The number of rotatable bonds is 6. The number of aliphatic hydroxyl groups is 2. The smallest absolute Gasteiger partial charge is 0.0705 e. The van der Waals surface area contributed by atoms with Crippen LogP contribution in [0.5, 0.6) is 0 Å². The van der Waals surface area contributed by atoms with Crippen LogP contribution in [0.3, 0.4) is 0 Å². The molecule has 6 aromatic carbocycles. The Kier molecular flexibility index (Phi) is 22.1. The molecule has 6 nitrogen and oxygen atoms in total. The molecule has 8 heteroatoms. The number of aromatic nitrogens is 4. The van der Waals surface area contributed by atoms with Gasteiger partial charge in [0.1, 0.15) is 0 Å². The summed E-state index contributed by atoms with van der Waals surface area (Å²) < 4.78 is 43.4. The maximum atomic E-state index is 7.23. The Morgan fingerprint density at radius 2 is 0.686 bits per heavy atom. The van der Waals surface area contributed by atoms with Crippen molar-refractivity contribution in [1.29, 1.82) is 0 Å². The fourth-order valence-electron chi connectivity index (χ4n) is 6.63. The Balaban J connectivity index is 0.000000259. The van der Waals surface area contributed by atoms with Crippen LogP contribution in [0, 0.1) is 45.8 Å². The van der Waals surface area contributed by atoms with Gasteiger partial charge in [-0.2, -0.15) is 0 Å². The van der Waals surface area contributed by atoms with E-state index in [4.69, 9.17) is 18.4 Å². The van der Waals surface area contributed by atoms with E-state index in [0.717, 1.165) is 59.2 Å². The molecule has 70 heavy (non-hydrogen) atoms. The van der Waals surface area contributed by atoms with Gasteiger partial charge in [-0.05, 0) is 84.1 Å². The molecule has 358 valence electrons. The van der Waals surface area contributed by atoms with Crippen molar-refractivity contribution in [3.63, 3.8) is 0 Å².